The van der Waals surface area contributed by atoms with E-state index < -0.39 is 23.3 Å². The number of rotatable bonds is 4. The molecular weight excluding hydrogens is 418 g/mol. The van der Waals surface area contributed by atoms with Gasteiger partial charge in [-0.25, -0.2) is 0 Å². The molecule has 0 fully saturated rings. The van der Waals surface area contributed by atoms with E-state index in [9.17, 15) is 14.4 Å². The minimum Gasteiger partial charge on any atom is -0.326 e. The van der Waals surface area contributed by atoms with Gasteiger partial charge in [-0.15, -0.1) is 0 Å². The molecule has 8 nitrogen and oxygen atoms in total. The van der Waals surface area contributed by atoms with Crippen LogP contribution in [0.5, 0.6) is 0 Å². The fourth-order valence-electron chi connectivity index (χ4n) is 3.37. The molecule has 0 bridgehead atoms. The number of fused-ring (bicyclic) bond motifs is 1. The van der Waals surface area contributed by atoms with Crippen LogP contribution in [-0.2, 0) is 9.59 Å². The molecule has 2 amide bonds. The monoisotopic (exact) mass is 437 g/mol. The molecule has 0 aliphatic carbocycles. The van der Waals surface area contributed by atoms with Crippen LogP contribution in [0.4, 0.5) is 23.1 Å². The summed E-state index contributed by atoms with van der Waals surface area (Å²) in [6.07, 6.45) is -0.169. The fourth-order valence-corrected chi connectivity index (χ4v) is 3.65. The van der Waals surface area contributed by atoms with E-state index in [0.29, 0.717) is 10.7 Å². The number of halogens is 1. The van der Waals surface area contributed by atoms with Crippen molar-refractivity contribution in [2.45, 2.75) is 26.2 Å². The Balaban J connectivity index is 1.64. The van der Waals surface area contributed by atoms with Gasteiger partial charge >= 0.3 is 0 Å². The number of benzene rings is 2. The average molecular weight is 438 g/mol. The lowest BCUT2D eigenvalue weighted by Gasteiger charge is -2.24. The van der Waals surface area contributed by atoms with Crippen molar-refractivity contribution in [2.24, 2.45) is 0 Å². The number of nitrogens with one attached hydrogen (secondary N) is 4. The number of nitrogens with zero attached hydrogens (tertiary/aromatic N) is 1. The van der Waals surface area contributed by atoms with E-state index in [0.717, 1.165) is 16.8 Å². The summed E-state index contributed by atoms with van der Waals surface area (Å²) in [5.41, 5.74) is 2.77. The first kappa shape index (κ1) is 20.6. The summed E-state index contributed by atoms with van der Waals surface area (Å²) in [5.74, 6) is -1.68. The lowest BCUT2D eigenvalue weighted by molar-refractivity contribution is -0.123. The van der Waals surface area contributed by atoms with Crippen molar-refractivity contribution < 1.29 is 9.59 Å². The SMILES string of the molecule is Cc1ccc(Nc2nc3c(c(=O)[nH]2)C(C(=O)Nc2ccc(C)cc2Cl)CC(=O)N3)cc1. The fraction of sp³-hybridized carbons (Fsp3) is 0.182. The molecule has 0 spiro atoms. The quantitative estimate of drug-likeness (QED) is 0.494. The predicted octanol–water partition coefficient (Wildman–Crippen LogP) is 3.85. The molecule has 3 aromatic rings. The van der Waals surface area contributed by atoms with Gasteiger partial charge in [-0.3, -0.25) is 19.4 Å². The molecule has 2 heterocycles. The van der Waals surface area contributed by atoms with Crippen LogP contribution in [0.15, 0.2) is 47.3 Å². The van der Waals surface area contributed by atoms with E-state index in [-0.39, 0.29) is 23.8 Å². The highest BCUT2D eigenvalue weighted by Crippen LogP contribution is 2.31. The molecule has 2 aromatic carbocycles. The molecule has 4 N–H and O–H groups in total. The Morgan fingerprint density at radius 3 is 2.52 bits per heavy atom. The van der Waals surface area contributed by atoms with E-state index in [4.69, 9.17) is 11.6 Å². The Hall–Kier alpha value is -3.65. The Morgan fingerprint density at radius 2 is 1.81 bits per heavy atom. The van der Waals surface area contributed by atoms with Crippen molar-refractivity contribution in [1.29, 1.82) is 0 Å². The third-order valence-electron chi connectivity index (χ3n) is 4.96. The Labute approximate surface area is 183 Å². The number of aromatic amines is 1. The first-order valence-corrected chi connectivity index (χ1v) is 10.0. The summed E-state index contributed by atoms with van der Waals surface area (Å²) >= 11 is 6.20. The molecular formula is C22H20ClN5O3. The molecule has 1 aliphatic heterocycles. The Bertz CT molecular complexity index is 1240. The summed E-state index contributed by atoms with van der Waals surface area (Å²) in [5, 5.41) is 8.67. The number of hydrogen-bond donors (Lipinski definition) is 4. The van der Waals surface area contributed by atoms with Gasteiger partial charge in [0.05, 0.1) is 22.2 Å². The topological polar surface area (TPSA) is 116 Å². The summed E-state index contributed by atoms with van der Waals surface area (Å²) < 4.78 is 0. The molecule has 1 aromatic heterocycles. The largest absolute Gasteiger partial charge is 0.326 e. The lowest BCUT2D eigenvalue weighted by Crippen LogP contribution is -2.36. The first-order chi connectivity index (χ1) is 14.8. The summed E-state index contributed by atoms with van der Waals surface area (Å²) in [6, 6.07) is 12.7. The van der Waals surface area contributed by atoms with Crippen LogP contribution in [0.25, 0.3) is 0 Å². The Kier molecular flexibility index (Phi) is 5.48. The normalized spacial score (nSPS) is 15.1. The van der Waals surface area contributed by atoms with Gasteiger partial charge in [-0.2, -0.15) is 4.98 Å². The van der Waals surface area contributed by atoms with Crippen LogP contribution < -0.4 is 21.5 Å². The summed E-state index contributed by atoms with van der Waals surface area (Å²) in [6.45, 7) is 3.85. The van der Waals surface area contributed by atoms with E-state index >= 15 is 0 Å². The van der Waals surface area contributed by atoms with E-state index in [1.807, 2.05) is 38.1 Å². The van der Waals surface area contributed by atoms with Crippen molar-refractivity contribution in [3.8, 4) is 0 Å². The van der Waals surface area contributed by atoms with Gasteiger partial charge in [0.1, 0.15) is 5.82 Å². The van der Waals surface area contributed by atoms with Crippen molar-refractivity contribution in [1.82, 2.24) is 9.97 Å². The van der Waals surface area contributed by atoms with E-state index in [1.165, 1.54) is 0 Å². The number of aryl methyl sites for hydroxylation is 2. The number of carbonyl (C=O) groups excluding carboxylic acids is 2. The third kappa shape index (κ3) is 4.44. The summed E-state index contributed by atoms with van der Waals surface area (Å²) in [4.78, 5) is 44.9. The van der Waals surface area contributed by atoms with Crippen molar-refractivity contribution >= 4 is 46.6 Å². The maximum atomic E-state index is 12.9. The van der Waals surface area contributed by atoms with Crippen LogP contribution in [0.2, 0.25) is 5.02 Å². The van der Waals surface area contributed by atoms with Gasteiger partial charge in [0.2, 0.25) is 17.8 Å². The van der Waals surface area contributed by atoms with Gasteiger partial charge < -0.3 is 16.0 Å². The second-order valence-corrected chi connectivity index (χ2v) is 7.85. The van der Waals surface area contributed by atoms with Crippen LogP contribution in [0.3, 0.4) is 0 Å². The highest BCUT2D eigenvalue weighted by atomic mass is 35.5. The molecule has 158 valence electrons. The average Bonchev–Trinajstić information content (AvgIpc) is 2.71. The second-order valence-electron chi connectivity index (χ2n) is 7.45. The van der Waals surface area contributed by atoms with Crippen LogP contribution in [0, 0.1) is 13.8 Å². The zero-order valence-corrected chi connectivity index (χ0v) is 17.6. The van der Waals surface area contributed by atoms with Crippen molar-refractivity contribution in [3.63, 3.8) is 0 Å². The number of carbonyl (C=O) groups is 2. The minimum atomic E-state index is -0.995. The maximum absolute atomic E-state index is 12.9. The van der Waals surface area contributed by atoms with Gasteiger partial charge in [-0.05, 0) is 43.7 Å². The first-order valence-electron chi connectivity index (χ1n) is 9.65. The molecule has 1 unspecified atom stereocenters. The van der Waals surface area contributed by atoms with E-state index in [1.54, 1.807) is 18.2 Å². The van der Waals surface area contributed by atoms with Crippen molar-refractivity contribution in [2.75, 3.05) is 16.0 Å². The maximum Gasteiger partial charge on any atom is 0.258 e. The van der Waals surface area contributed by atoms with Gasteiger partial charge in [0, 0.05) is 12.1 Å². The number of H-pyrrole nitrogens is 1. The number of amides is 2. The summed E-state index contributed by atoms with van der Waals surface area (Å²) in [7, 11) is 0. The van der Waals surface area contributed by atoms with Crippen molar-refractivity contribution in [3.05, 3.63) is 74.5 Å². The number of aromatic nitrogens is 2. The van der Waals surface area contributed by atoms with Crippen LogP contribution in [-0.4, -0.2) is 21.8 Å². The number of anilines is 4. The van der Waals surface area contributed by atoms with Crippen LogP contribution in [0.1, 0.15) is 29.0 Å². The number of hydrogen-bond acceptors (Lipinski definition) is 5. The van der Waals surface area contributed by atoms with Gasteiger partial charge in [0.25, 0.3) is 5.56 Å². The molecule has 9 heteroatoms. The van der Waals surface area contributed by atoms with E-state index in [2.05, 4.69) is 25.9 Å². The molecule has 0 radical (unpaired) electrons. The molecule has 31 heavy (non-hydrogen) atoms. The van der Waals surface area contributed by atoms with Gasteiger partial charge in [-0.1, -0.05) is 35.4 Å². The molecule has 0 saturated heterocycles. The smallest absolute Gasteiger partial charge is 0.258 e. The standard InChI is InChI=1S/C22H20ClN5O3/c1-11-3-6-13(7-4-11)24-22-27-19-18(21(31)28-22)14(10-17(29)26-19)20(30)25-16-8-5-12(2)9-15(16)23/h3-9,14H,10H2,1-2H3,(H,25,30)(H3,24,26,27,28,29,31). The highest BCUT2D eigenvalue weighted by molar-refractivity contribution is 6.33. The van der Waals surface area contributed by atoms with Crippen LogP contribution >= 0.6 is 11.6 Å². The Morgan fingerprint density at radius 1 is 1.10 bits per heavy atom. The molecule has 1 atom stereocenters. The third-order valence-corrected chi connectivity index (χ3v) is 5.28. The van der Waals surface area contributed by atoms with Gasteiger partial charge in [0.15, 0.2) is 0 Å². The zero-order chi connectivity index (χ0) is 22.1. The minimum absolute atomic E-state index is 0.0600. The second kappa shape index (κ2) is 8.23. The molecule has 1 aliphatic rings. The highest BCUT2D eigenvalue weighted by Gasteiger charge is 2.35. The molecule has 0 saturated carbocycles. The molecule has 4 rings (SSSR count). The predicted molar refractivity (Wildman–Crippen MR) is 120 cm³/mol. The lowest BCUT2D eigenvalue weighted by atomic mass is 9.92. The zero-order valence-electron chi connectivity index (χ0n) is 16.9.